The number of sulfonamides is 1. The van der Waals surface area contributed by atoms with Gasteiger partial charge in [-0.1, -0.05) is 41.4 Å². The highest BCUT2D eigenvalue weighted by Crippen LogP contribution is 2.30. The van der Waals surface area contributed by atoms with E-state index in [-0.39, 0.29) is 28.1 Å². The van der Waals surface area contributed by atoms with Gasteiger partial charge in [-0.05, 0) is 50.6 Å². The molecule has 3 rings (SSSR count). The quantitative estimate of drug-likeness (QED) is 0.614. The minimum Gasteiger partial charge on any atom is -0.352 e. The molecule has 1 N–H and O–H groups in total. The van der Waals surface area contributed by atoms with Gasteiger partial charge in [-0.3, -0.25) is 14.4 Å². The van der Waals surface area contributed by atoms with Crippen LogP contribution in [0, 0.1) is 0 Å². The van der Waals surface area contributed by atoms with Crippen LogP contribution in [0.5, 0.6) is 0 Å². The largest absolute Gasteiger partial charge is 0.352 e. The molecular formula is C22H23Cl2N3O5S. The van der Waals surface area contributed by atoms with E-state index < -0.39 is 40.3 Å². The van der Waals surface area contributed by atoms with E-state index in [0.717, 1.165) is 0 Å². The zero-order chi connectivity index (χ0) is 24.5. The number of hydrogen-bond acceptors (Lipinski definition) is 5. The molecule has 1 atom stereocenters. The van der Waals surface area contributed by atoms with Crippen molar-refractivity contribution in [2.75, 3.05) is 6.54 Å². The molecule has 0 aliphatic carbocycles. The van der Waals surface area contributed by atoms with Crippen molar-refractivity contribution in [1.29, 1.82) is 0 Å². The Morgan fingerprint density at radius 3 is 2.36 bits per heavy atom. The van der Waals surface area contributed by atoms with Crippen molar-refractivity contribution in [1.82, 2.24) is 14.5 Å². The summed E-state index contributed by atoms with van der Waals surface area (Å²) >= 11 is 12.2. The first-order chi connectivity index (χ1) is 15.4. The number of amides is 3. The summed E-state index contributed by atoms with van der Waals surface area (Å²) in [5, 5.41) is 3.42. The zero-order valence-electron chi connectivity index (χ0n) is 18.2. The van der Waals surface area contributed by atoms with Gasteiger partial charge >= 0.3 is 0 Å². The van der Waals surface area contributed by atoms with Crippen molar-refractivity contribution < 1.29 is 22.8 Å². The molecule has 8 nitrogen and oxygen atoms in total. The zero-order valence-corrected chi connectivity index (χ0v) is 20.5. The van der Waals surface area contributed by atoms with Gasteiger partial charge in [0.15, 0.2) is 0 Å². The smallest absolute Gasteiger partial charge is 0.269 e. The molecule has 2 aromatic carbocycles. The summed E-state index contributed by atoms with van der Waals surface area (Å²) in [6, 6.07) is 9.33. The summed E-state index contributed by atoms with van der Waals surface area (Å²) in [6.45, 7) is 4.24. The Hall–Kier alpha value is -2.62. The fourth-order valence-corrected chi connectivity index (χ4v) is 5.41. The molecular weight excluding hydrogens is 489 g/mol. The van der Waals surface area contributed by atoms with Crippen LogP contribution in [0.4, 0.5) is 0 Å². The molecule has 1 unspecified atom stereocenters. The van der Waals surface area contributed by atoms with Gasteiger partial charge in [-0.2, -0.15) is 0 Å². The summed E-state index contributed by atoms with van der Waals surface area (Å²) in [7, 11) is -4.18. The number of rotatable bonds is 7. The molecule has 3 amide bonds. The first kappa shape index (κ1) is 25.0. The highest BCUT2D eigenvalue weighted by atomic mass is 35.5. The Morgan fingerprint density at radius 1 is 1.09 bits per heavy atom. The average Bonchev–Trinajstić information content (AvgIpc) is 2.93. The Balaban J connectivity index is 1.92. The van der Waals surface area contributed by atoms with Crippen molar-refractivity contribution in [3.05, 3.63) is 63.6 Å². The maximum Gasteiger partial charge on any atom is 0.269 e. The molecule has 0 spiro atoms. The third kappa shape index (κ3) is 5.15. The van der Waals surface area contributed by atoms with Crippen molar-refractivity contribution in [2.45, 2.75) is 44.3 Å². The third-order valence-corrected chi connectivity index (χ3v) is 7.52. The van der Waals surface area contributed by atoms with E-state index in [2.05, 4.69) is 5.32 Å². The summed E-state index contributed by atoms with van der Waals surface area (Å²) in [4.78, 5) is 39.8. The topological polar surface area (TPSA) is 104 Å². The Bertz CT molecular complexity index is 1220. The van der Waals surface area contributed by atoms with Crippen LogP contribution in [0.15, 0.2) is 47.4 Å². The predicted octanol–water partition coefficient (Wildman–Crippen LogP) is 3.08. The van der Waals surface area contributed by atoms with Gasteiger partial charge in [0.25, 0.3) is 15.9 Å². The van der Waals surface area contributed by atoms with Gasteiger partial charge in [0.1, 0.15) is 17.5 Å². The molecule has 0 radical (unpaired) electrons. The molecule has 0 aromatic heterocycles. The van der Waals surface area contributed by atoms with Crippen molar-refractivity contribution >= 4 is 50.9 Å². The van der Waals surface area contributed by atoms with E-state index in [1.165, 1.54) is 36.1 Å². The second kappa shape index (κ2) is 9.70. The van der Waals surface area contributed by atoms with Crippen LogP contribution in [0.2, 0.25) is 10.0 Å². The van der Waals surface area contributed by atoms with Crippen LogP contribution in [-0.2, 0) is 26.2 Å². The number of carbonyl (C=O) groups excluding carboxylic acids is 3. The Labute approximate surface area is 202 Å². The van der Waals surface area contributed by atoms with E-state index in [9.17, 15) is 22.8 Å². The summed E-state index contributed by atoms with van der Waals surface area (Å²) in [6.07, 6.45) is 0. The summed E-state index contributed by atoms with van der Waals surface area (Å²) < 4.78 is 26.3. The summed E-state index contributed by atoms with van der Waals surface area (Å²) in [5.41, 5.74) is 0.515. The van der Waals surface area contributed by atoms with Crippen LogP contribution < -0.4 is 5.32 Å². The number of hydrogen-bond donors (Lipinski definition) is 1. The number of halogens is 2. The van der Waals surface area contributed by atoms with Gasteiger partial charge in [0.2, 0.25) is 11.8 Å². The van der Waals surface area contributed by atoms with E-state index in [1.54, 1.807) is 32.0 Å². The molecule has 0 saturated heterocycles. The van der Waals surface area contributed by atoms with Crippen LogP contribution in [0.3, 0.4) is 0 Å². The highest BCUT2D eigenvalue weighted by molar-refractivity contribution is 7.90. The minimum atomic E-state index is -4.18. The van der Waals surface area contributed by atoms with E-state index in [1.807, 2.05) is 0 Å². The van der Waals surface area contributed by atoms with Crippen molar-refractivity contribution in [3.8, 4) is 0 Å². The second-order valence-electron chi connectivity index (χ2n) is 7.91. The Morgan fingerprint density at radius 2 is 1.76 bits per heavy atom. The number of fused-ring (bicyclic) bond motifs is 1. The fraction of sp³-hybridized carbons (Fsp3) is 0.318. The van der Waals surface area contributed by atoms with E-state index in [0.29, 0.717) is 14.9 Å². The first-order valence-corrected chi connectivity index (χ1v) is 12.3. The number of carbonyl (C=O) groups is 3. The number of nitrogens with one attached hydrogen (secondary N) is 1. The number of benzene rings is 2. The molecule has 0 fully saturated rings. The van der Waals surface area contributed by atoms with Crippen molar-refractivity contribution in [2.24, 2.45) is 0 Å². The lowest BCUT2D eigenvalue weighted by Gasteiger charge is -2.30. The monoisotopic (exact) mass is 511 g/mol. The molecule has 176 valence electrons. The van der Waals surface area contributed by atoms with Crippen LogP contribution in [0.25, 0.3) is 0 Å². The fourth-order valence-electron chi connectivity index (χ4n) is 3.42. The standard InChI is InChI=1S/C22H23Cl2N3O5S/c1-13(2)25-21(29)14(3)26(11-15-8-9-16(23)10-18(15)24)20(28)12-27-22(30)17-6-4-5-7-19(17)33(27,31)32/h4-10,13-14H,11-12H2,1-3H3,(H,25,29). The lowest BCUT2D eigenvalue weighted by atomic mass is 10.1. The molecule has 1 heterocycles. The van der Waals surface area contributed by atoms with Crippen LogP contribution in [0.1, 0.15) is 36.7 Å². The second-order valence-corrected chi connectivity index (χ2v) is 10.6. The molecule has 2 aromatic rings. The molecule has 11 heteroatoms. The lowest BCUT2D eigenvalue weighted by Crippen LogP contribution is -2.52. The molecule has 1 aliphatic rings. The van der Waals surface area contributed by atoms with Gasteiger partial charge in [-0.25, -0.2) is 12.7 Å². The summed E-state index contributed by atoms with van der Waals surface area (Å²) in [5.74, 6) is -1.94. The third-order valence-electron chi connectivity index (χ3n) is 5.14. The SMILES string of the molecule is CC(C)NC(=O)C(C)N(Cc1ccc(Cl)cc1Cl)C(=O)CN1C(=O)c2ccccc2S1(=O)=O. The van der Waals surface area contributed by atoms with Crippen LogP contribution >= 0.6 is 23.2 Å². The van der Waals surface area contributed by atoms with Crippen molar-refractivity contribution in [3.63, 3.8) is 0 Å². The highest BCUT2D eigenvalue weighted by Gasteiger charge is 2.43. The average molecular weight is 512 g/mol. The maximum absolute atomic E-state index is 13.3. The Kier molecular flexibility index (Phi) is 7.36. The molecule has 0 saturated carbocycles. The van der Waals surface area contributed by atoms with Gasteiger partial charge < -0.3 is 10.2 Å². The molecule has 0 bridgehead atoms. The maximum atomic E-state index is 13.3. The minimum absolute atomic E-state index is 0.00296. The first-order valence-electron chi connectivity index (χ1n) is 10.1. The molecule has 1 aliphatic heterocycles. The molecule has 33 heavy (non-hydrogen) atoms. The van der Waals surface area contributed by atoms with Gasteiger partial charge in [0, 0.05) is 22.6 Å². The van der Waals surface area contributed by atoms with Crippen LogP contribution in [-0.4, -0.2) is 54.0 Å². The lowest BCUT2D eigenvalue weighted by molar-refractivity contribution is -0.140. The van der Waals surface area contributed by atoms with E-state index >= 15 is 0 Å². The normalized spacial score (nSPS) is 15.3. The number of nitrogens with zero attached hydrogens (tertiary/aromatic N) is 2. The van der Waals surface area contributed by atoms with Gasteiger partial charge in [0.05, 0.1) is 5.56 Å². The van der Waals surface area contributed by atoms with E-state index in [4.69, 9.17) is 23.2 Å². The van der Waals surface area contributed by atoms with Gasteiger partial charge in [-0.15, -0.1) is 0 Å². The predicted molar refractivity (Wildman–Crippen MR) is 124 cm³/mol.